The lowest BCUT2D eigenvalue weighted by molar-refractivity contribution is -0.385. The Kier molecular flexibility index (Phi) is 8.46. The van der Waals surface area contributed by atoms with Crippen LogP contribution in [0.5, 0.6) is 5.75 Å². The van der Waals surface area contributed by atoms with Crippen LogP contribution in [0.1, 0.15) is 26.3 Å². The number of nitro benzene ring substituents is 1. The fourth-order valence-corrected chi connectivity index (χ4v) is 4.86. The Morgan fingerprint density at radius 3 is 2.29 bits per heavy atom. The SMILES string of the molecule is CC(C)(C)COc1cc(-c2cnc(NS(=O)(=O)c3cccc([N+](=O)[O-])c3)nc2-c2ccc(C(F)(F)F)cc2)ccc1Cl. The summed E-state index contributed by atoms with van der Waals surface area (Å²) in [5.74, 6) is -0.0452. The molecule has 0 unspecified atom stereocenters. The number of nitrogens with zero attached hydrogens (tertiary/aromatic N) is 3. The van der Waals surface area contributed by atoms with Gasteiger partial charge >= 0.3 is 6.18 Å². The number of alkyl halides is 3. The lowest BCUT2D eigenvalue weighted by atomic mass is 9.98. The quantitative estimate of drug-likeness (QED) is 0.159. The molecule has 0 radical (unpaired) electrons. The normalized spacial score (nSPS) is 12.2. The predicted molar refractivity (Wildman–Crippen MR) is 152 cm³/mol. The molecule has 0 saturated carbocycles. The van der Waals surface area contributed by atoms with Crippen molar-refractivity contribution in [2.24, 2.45) is 5.41 Å². The number of rotatable bonds is 8. The molecule has 0 aliphatic carbocycles. The first-order valence-electron chi connectivity index (χ1n) is 12.3. The molecule has 0 spiro atoms. The second kappa shape index (κ2) is 11.6. The Hall–Kier alpha value is -4.23. The number of nitrogens with one attached hydrogen (secondary N) is 1. The molecule has 0 fully saturated rings. The molecule has 3 aromatic carbocycles. The van der Waals surface area contributed by atoms with E-state index in [1.165, 1.54) is 24.4 Å². The van der Waals surface area contributed by atoms with E-state index in [4.69, 9.17) is 16.3 Å². The lowest BCUT2D eigenvalue weighted by Crippen LogP contribution is -2.17. The zero-order valence-electron chi connectivity index (χ0n) is 22.4. The standard InChI is InChI=1S/C28H24ClF3N4O5S/c1-27(2,3)16-41-24-13-18(9-12-23(24)29)22-15-33-26(34-25(22)17-7-10-19(11-8-17)28(30,31)32)35-42(39,40)21-6-4-5-20(14-21)36(37)38/h4-15H,16H2,1-3H3,(H,33,34,35). The lowest BCUT2D eigenvalue weighted by Gasteiger charge is -2.20. The van der Waals surface area contributed by atoms with E-state index in [0.717, 1.165) is 30.3 Å². The highest BCUT2D eigenvalue weighted by atomic mass is 35.5. The summed E-state index contributed by atoms with van der Waals surface area (Å²) in [4.78, 5) is 18.4. The van der Waals surface area contributed by atoms with Gasteiger partial charge in [-0.1, -0.05) is 56.6 Å². The summed E-state index contributed by atoms with van der Waals surface area (Å²) in [7, 11) is -4.37. The van der Waals surface area contributed by atoms with Crippen molar-refractivity contribution in [2.45, 2.75) is 31.8 Å². The van der Waals surface area contributed by atoms with Gasteiger partial charge in [-0.25, -0.2) is 23.1 Å². The van der Waals surface area contributed by atoms with Gasteiger partial charge in [0.25, 0.3) is 15.7 Å². The van der Waals surface area contributed by atoms with Gasteiger partial charge in [-0.2, -0.15) is 13.2 Å². The summed E-state index contributed by atoms with van der Waals surface area (Å²) < 4.78 is 73.7. The highest BCUT2D eigenvalue weighted by Crippen LogP contribution is 2.37. The van der Waals surface area contributed by atoms with E-state index >= 15 is 0 Å². The van der Waals surface area contributed by atoms with Crippen molar-refractivity contribution < 1.29 is 31.2 Å². The highest BCUT2D eigenvalue weighted by molar-refractivity contribution is 7.92. The first-order valence-corrected chi connectivity index (χ1v) is 14.1. The first kappa shape index (κ1) is 30.7. The second-order valence-electron chi connectivity index (χ2n) is 10.4. The third-order valence-electron chi connectivity index (χ3n) is 5.74. The van der Waals surface area contributed by atoms with Crippen LogP contribution < -0.4 is 9.46 Å². The Balaban J connectivity index is 1.80. The van der Waals surface area contributed by atoms with Crippen molar-refractivity contribution >= 4 is 33.3 Å². The maximum Gasteiger partial charge on any atom is 0.416 e. The Labute approximate surface area is 244 Å². The largest absolute Gasteiger partial charge is 0.491 e. The molecule has 0 aliphatic heterocycles. The fraction of sp³-hybridized carbons (Fsp3) is 0.214. The molecule has 0 amide bonds. The maximum absolute atomic E-state index is 13.2. The van der Waals surface area contributed by atoms with Crippen molar-refractivity contribution in [2.75, 3.05) is 11.3 Å². The van der Waals surface area contributed by atoms with Gasteiger partial charge in [0.1, 0.15) is 5.75 Å². The third kappa shape index (κ3) is 7.34. The van der Waals surface area contributed by atoms with Crippen LogP contribution >= 0.6 is 11.6 Å². The number of hydrogen-bond acceptors (Lipinski definition) is 7. The van der Waals surface area contributed by atoms with Crippen molar-refractivity contribution in [3.05, 3.63) is 93.6 Å². The van der Waals surface area contributed by atoms with Gasteiger partial charge in [0.05, 0.1) is 32.7 Å². The number of ether oxygens (including phenoxy) is 1. The molecule has 0 bridgehead atoms. The smallest absolute Gasteiger partial charge is 0.416 e. The molecule has 14 heteroatoms. The summed E-state index contributed by atoms with van der Waals surface area (Å²) in [5, 5.41) is 11.4. The van der Waals surface area contributed by atoms with Crippen LogP contribution in [-0.2, 0) is 16.2 Å². The molecule has 220 valence electrons. The van der Waals surface area contributed by atoms with Crippen LogP contribution in [0.3, 0.4) is 0 Å². The fourth-order valence-electron chi connectivity index (χ4n) is 3.70. The molecule has 1 N–H and O–H groups in total. The van der Waals surface area contributed by atoms with Crippen LogP contribution in [0.2, 0.25) is 5.02 Å². The minimum atomic E-state index is -4.57. The molecule has 4 aromatic rings. The van der Waals surface area contributed by atoms with Gasteiger partial charge in [-0.3, -0.25) is 10.1 Å². The van der Waals surface area contributed by atoms with E-state index in [2.05, 4.69) is 14.7 Å². The molecule has 1 heterocycles. The molecule has 0 aliphatic rings. The van der Waals surface area contributed by atoms with Crippen LogP contribution in [0, 0.1) is 15.5 Å². The molecule has 0 saturated heterocycles. The van der Waals surface area contributed by atoms with Gasteiger partial charge < -0.3 is 4.74 Å². The number of sulfonamides is 1. The first-order chi connectivity index (χ1) is 19.5. The summed E-state index contributed by atoms with van der Waals surface area (Å²) in [6.45, 7) is 6.29. The van der Waals surface area contributed by atoms with Gasteiger partial charge in [0.15, 0.2) is 0 Å². The van der Waals surface area contributed by atoms with E-state index in [9.17, 15) is 31.7 Å². The van der Waals surface area contributed by atoms with Crippen molar-refractivity contribution in [3.63, 3.8) is 0 Å². The maximum atomic E-state index is 13.2. The van der Waals surface area contributed by atoms with Gasteiger partial charge in [0, 0.05) is 29.5 Å². The number of nitro groups is 1. The summed E-state index contributed by atoms with van der Waals surface area (Å²) in [5.41, 5.74) is -0.282. The van der Waals surface area contributed by atoms with Crippen LogP contribution in [-0.4, -0.2) is 29.9 Å². The van der Waals surface area contributed by atoms with E-state index in [1.54, 1.807) is 18.2 Å². The highest BCUT2D eigenvalue weighted by Gasteiger charge is 2.30. The molecular formula is C28H24ClF3N4O5S. The molecule has 0 atom stereocenters. The van der Waals surface area contributed by atoms with Crippen LogP contribution in [0.25, 0.3) is 22.4 Å². The molecular weight excluding hydrogens is 597 g/mol. The minimum Gasteiger partial charge on any atom is -0.491 e. The summed E-state index contributed by atoms with van der Waals surface area (Å²) >= 11 is 6.33. The minimum absolute atomic E-state index is 0.111. The van der Waals surface area contributed by atoms with E-state index in [0.29, 0.717) is 28.5 Å². The number of hydrogen-bond donors (Lipinski definition) is 1. The second-order valence-corrected chi connectivity index (χ2v) is 12.5. The van der Waals surface area contributed by atoms with E-state index in [1.807, 2.05) is 20.8 Å². The van der Waals surface area contributed by atoms with Crippen LogP contribution in [0.4, 0.5) is 24.8 Å². The van der Waals surface area contributed by atoms with Gasteiger partial charge in [0.2, 0.25) is 5.95 Å². The number of halogens is 4. The molecule has 1 aromatic heterocycles. The monoisotopic (exact) mass is 620 g/mol. The Bertz CT molecular complexity index is 1740. The van der Waals surface area contributed by atoms with Crippen molar-refractivity contribution in [1.29, 1.82) is 0 Å². The Morgan fingerprint density at radius 2 is 1.67 bits per heavy atom. The topological polar surface area (TPSA) is 124 Å². The third-order valence-corrected chi connectivity index (χ3v) is 7.38. The van der Waals surface area contributed by atoms with Crippen molar-refractivity contribution in [3.8, 4) is 28.1 Å². The van der Waals surface area contributed by atoms with Gasteiger partial charge in [-0.15, -0.1) is 0 Å². The number of benzene rings is 3. The van der Waals surface area contributed by atoms with Gasteiger partial charge in [-0.05, 0) is 41.3 Å². The number of non-ortho nitro benzene ring substituents is 1. The Morgan fingerprint density at radius 1 is 1.00 bits per heavy atom. The molecule has 4 rings (SSSR count). The van der Waals surface area contributed by atoms with Crippen molar-refractivity contribution in [1.82, 2.24) is 9.97 Å². The number of anilines is 1. The zero-order valence-corrected chi connectivity index (χ0v) is 24.0. The summed E-state index contributed by atoms with van der Waals surface area (Å²) in [6, 6.07) is 13.4. The molecule has 9 nitrogen and oxygen atoms in total. The summed E-state index contributed by atoms with van der Waals surface area (Å²) in [6.07, 6.45) is -3.26. The molecule has 42 heavy (non-hydrogen) atoms. The van der Waals surface area contributed by atoms with Crippen LogP contribution in [0.15, 0.2) is 77.8 Å². The van der Waals surface area contributed by atoms with E-state index < -0.39 is 43.2 Å². The zero-order chi connectivity index (χ0) is 30.9. The average molecular weight is 621 g/mol. The predicted octanol–water partition coefficient (Wildman–Crippen LogP) is 7.62. The number of aromatic nitrogens is 2. The van der Waals surface area contributed by atoms with E-state index in [-0.39, 0.29) is 16.7 Å². The average Bonchev–Trinajstić information content (AvgIpc) is 2.91.